The number of fused-ring (bicyclic) bond motifs is 1. The van der Waals surface area contributed by atoms with Gasteiger partial charge in [-0.1, -0.05) is 6.07 Å². The van der Waals surface area contributed by atoms with Gasteiger partial charge in [0.2, 0.25) is 0 Å². The quantitative estimate of drug-likeness (QED) is 0.712. The van der Waals surface area contributed by atoms with Crippen LogP contribution in [0.25, 0.3) is 10.8 Å². The van der Waals surface area contributed by atoms with E-state index in [2.05, 4.69) is 10.2 Å². The van der Waals surface area contributed by atoms with Crippen LogP contribution >= 0.6 is 0 Å². The van der Waals surface area contributed by atoms with Crippen molar-refractivity contribution < 1.29 is 4.39 Å². The lowest BCUT2D eigenvalue weighted by Crippen LogP contribution is -1.98. The second-order valence-electron chi connectivity index (χ2n) is 2.73. The van der Waals surface area contributed by atoms with E-state index in [4.69, 9.17) is 5.73 Å². The van der Waals surface area contributed by atoms with E-state index < -0.39 is 0 Å². The molecule has 0 saturated heterocycles. The molecule has 2 aromatic rings. The Morgan fingerprint density at radius 3 is 2.54 bits per heavy atom. The molecule has 0 amide bonds. The normalized spacial score (nSPS) is 10.6. The molecule has 66 valence electrons. The smallest absolute Gasteiger partial charge is 0.132 e. The molecule has 1 aromatic carbocycles. The second kappa shape index (κ2) is 3.06. The zero-order chi connectivity index (χ0) is 9.26. The summed E-state index contributed by atoms with van der Waals surface area (Å²) in [7, 11) is 0. The van der Waals surface area contributed by atoms with Crippen molar-refractivity contribution in [2.75, 3.05) is 0 Å². The predicted molar refractivity (Wildman–Crippen MR) is 47.4 cm³/mol. The summed E-state index contributed by atoms with van der Waals surface area (Å²) in [6, 6.07) is 3.06. The van der Waals surface area contributed by atoms with E-state index in [-0.39, 0.29) is 5.82 Å². The Morgan fingerprint density at radius 1 is 1.15 bits per heavy atom. The highest BCUT2D eigenvalue weighted by molar-refractivity contribution is 5.84. The molecular formula is C9H8FN3. The molecule has 0 aliphatic heterocycles. The minimum absolute atomic E-state index is 0.290. The van der Waals surface area contributed by atoms with Crippen molar-refractivity contribution in [2.45, 2.75) is 6.54 Å². The molecule has 2 rings (SSSR count). The fraction of sp³-hybridized carbons (Fsp3) is 0.111. The van der Waals surface area contributed by atoms with Gasteiger partial charge in [-0.3, -0.25) is 0 Å². The van der Waals surface area contributed by atoms with Crippen LogP contribution in [0.5, 0.6) is 0 Å². The minimum atomic E-state index is -0.290. The molecule has 1 aromatic heterocycles. The summed E-state index contributed by atoms with van der Waals surface area (Å²) >= 11 is 0. The van der Waals surface area contributed by atoms with Crippen molar-refractivity contribution in [1.29, 1.82) is 0 Å². The molecule has 0 aliphatic rings. The van der Waals surface area contributed by atoms with Gasteiger partial charge in [-0.25, -0.2) is 4.39 Å². The molecule has 0 unspecified atom stereocenters. The lowest BCUT2D eigenvalue weighted by Gasteiger charge is -2.02. The first-order valence-corrected chi connectivity index (χ1v) is 3.91. The van der Waals surface area contributed by atoms with Gasteiger partial charge in [-0.2, -0.15) is 10.2 Å². The number of halogens is 1. The van der Waals surface area contributed by atoms with Crippen LogP contribution < -0.4 is 5.73 Å². The van der Waals surface area contributed by atoms with Crippen LogP contribution in [0, 0.1) is 5.82 Å². The molecule has 4 heteroatoms. The number of nitrogens with zero attached hydrogens (tertiary/aromatic N) is 2. The van der Waals surface area contributed by atoms with Crippen LogP contribution in [0.1, 0.15) is 5.56 Å². The van der Waals surface area contributed by atoms with E-state index in [1.54, 1.807) is 6.07 Å². The number of nitrogens with two attached hydrogens (primary N) is 1. The van der Waals surface area contributed by atoms with Crippen LogP contribution in [-0.4, -0.2) is 10.2 Å². The lowest BCUT2D eigenvalue weighted by molar-refractivity contribution is 0.638. The van der Waals surface area contributed by atoms with E-state index in [0.717, 1.165) is 10.9 Å². The summed E-state index contributed by atoms with van der Waals surface area (Å²) < 4.78 is 13.2. The Labute approximate surface area is 74.4 Å². The lowest BCUT2D eigenvalue weighted by atomic mass is 10.1. The fourth-order valence-corrected chi connectivity index (χ4v) is 1.30. The van der Waals surface area contributed by atoms with Crippen molar-refractivity contribution in [3.63, 3.8) is 0 Å². The number of aromatic nitrogens is 2. The molecule has 0 bridgehead atoms. The maximum absolute atomic E-state index is 13.2. The average molecular weight is 177 g/mol. The zero-order valence-corrected chi connectivity index (χ0v) is 6.87. The Kier molecular flexibility index (Phi) is 1.90. The molecule has 2 N–H and O–H groups in total. The van der Waals surface area contributed by atoms with E-state index in [9.17, 15) is 4.39 Å². The summed E-state index contributed by atoms with van der Waals surface area (Å²) in [5.74, 6) is -0.290. The van der Waals surface area contributed by atoms with Gasteiger partial charge in [0.15, 0.2) is 0 Å². The SMILES string of the molecule is NCc1ccc(F)c2cnncc12. The molecule has 0 aliphatic carbocycles. The van der Waals surface area contributed by atoms with Crippen LogP contribution in [0.4, 0.5) is 4.39 Å². The first-order valence-electron chi connectivity index (χ1n) is 3.91. The van der Waals surface area contributed by atoms with Gasteiger partial charge < -0.3 is 5.73 Å². The van der Waals surface area contributed by atoms with Crippen molar-refractivity contribution in [3.8, 4) is 0 Å². The van der Waals surface area contributed by atoms with Crippen LogP contribution in [0.15, 0.2) is 24.5 Å². The van der Waals surface area contributed by atoms with Crippen LogP contribution in [0.2, 0.25) is 0 Å². The maximum Gasteiger partial charge on any atom is 0.132 e. The number of hydrogen-bond donors (Lipinski definition) is 1. The molecule has 0 radical (unpaired) electrons. The predicted octanol–water partition coefficient (Wildman–Crippen LogP) is 1.23. The Morgan fingerprint density at radius 2 is 1.85 bits per heavy atom. The van der Waals surface area contributed by atoms with E-state index in [1.165, 1.54) is 18.5 Å². The minimum Gasteiger partial charge on any atom is -0.326 e. The van der Waals surface area contributed by atoms with E-state index in [1.807, 2.05) is 0 Å². The summed E-state index contributed by atoms with van der Waals surface area (Å²) in [6.45, 7) is 0.377. The van der Waals surface area contributed by atoms with Gasteiger partial charge in [0.05, 0.1) is 12.4 Å². The Balaban J connectivity index is 2.84. The van der Waals surface area contributed by atoms with Gasteiger partial charge in [0.1, 0.15) is 5.82 Å². The largest absolute Gasteiger partial charge is 0.326 e. The van der Waals surface area contributed by atoms with Crippen molar-refractivity contribution >= 4 is 10.8 Å². The first-order chi connectivity index (χ1) is 6.33. The average Bonchev–Trinajstić information content (AvgIpc) is 2.19. The van der Waals surface area contributed by atoms with Crippen molar-refractivity contribution in [3.05, 3.63) is 35.9 Å². The van der Waals surface area contributed by atoms with Gasteiger partial charge >= 0.3 is 0 Å². The summed E-state index contributed by atoms with van der Waals surface area (Å²) in [4.78, 5) is 0. The third-order valence-corrected chi connectivity index (χ3v) is 1.98. The van der Waals surface area contributed by atoms with E-state index in [0.29, 0.717) is 11.9 Å². The highest BCUT2D eigenvalue weighted by atomic mass is 19.1. The second-order valence-corrected chi connectivity index (χ2v) is 2.73. The summed E-state index contributed by atoms with van der Waals surface area (Å²) in [5, 5.41) is 8.51. The zero-order valence-electron chi connectivity index (χ0n) is 6.87. The van der Waals surface area contributed by atoms with Gasteiger partial charge in [-0.15, -0.1) is 0 Å². The Hall–Kier alpha value is -1.55. The monoisotopic (exact) mass is 177 g/mol. The van der Waals surface area contributed by atoms with Crippen LogP contribution in [0.3, 0.4) is 0 Å². The topological polar surface area (TPSA) is 51.8 Å². The highest BCUT2D eigenvalue weighted by Gasteiger charge is 2.04. The fourth-order valence-electron chi connectivity index (χ4n) is 1.30. The molecule has 0 atom stereocenters. The number of hydrogen-bond acceptors (Lipinski definition) is 3. The molecular weight excluding hydrogens is 169 g/mol. The first kappa shape index (κ1) is 8.07. The molecule has 0 saturated carbocycles. The Bertz CT molecular complexity index is 442. The van der Waals surface area contributed by atoms with Crippen LogP contribution in [-0.2, 0) is 6.54 Å². The number of rotatable bonds is 1. The highest BCUT2D eigenvalue weighted by Crippen LogP contribution is 2.19. The van der Waals surface area contributed by atoms with Gasteiger partial charge in [-0.05, 0) is 11.6 Å². The van der Waals surface area contributed by atoms with Crippen molar-refractivity contribution in [2.24, 2.45) is 5.73 Å². The van der Waals surface area contributed by atoms with Crippen molar-refractivity contribution in [1.82, 2.24) is 10.2 Å². The third kappa shape index (κ3) is 1.25. The molecule has 13 heavy (non-hydrogen) atoms. The molecule has 1 heterocycles. The number of benzene rings is 1. The summed E-state index contributed by atoms with van der Waals surface area (Å²) in [6.07, 6.45) is 2.93. The van der Waals surface area contributed by atoms with Gasteiger partial charge in [0, 0.05) is 17.3 Å². The molecule has 0 fully saturated rings. The summed E-state index contributed by atoms with van der Waals surface area (Å²) in [5.41, 5.74) is 6.38. The van der Waals surface area contributed by atoms with Gasteiger partial charge in [0.25, 0.3) is 0 Å². The standard InChI is InChI=1S/C9H8FN3/c10-9-2-1-6(3-11)7-4-12-13-5-8(7)9/h1-2,4-5H,3,11H2. The molecule has 3 nitrogen and oxygen atoms in total. The third-order valence-electron chi connectivity index (χ3n) is 1.98. The maximum atomic E-state index is 13.2. The van der Waals surface area contributed by atoms with E-state index >= 15 is 0 Å². The molecule has 0 spiro atoms.